The average Bonchev–Trinajstić information content (AvgIpc) is 2.76. The van der Waals surface area contributed by atoms with Crippen molar-refractivity contribution >= 4 is 32.4 Å². The maximum atomic E-state index is 12.8. The van der Waals surface area contributed by atoms with E-state index in [4.69, 9.17) is 4.74 Å². The van der Waals surface area contributed by atoms with E-state index in [1.165, 1.54) is 18.2 Å². The number of hydrogen-bond acceptors (Lipinski definition) is 5. The van der Waals surface area contributed by atoms with E-state index in [0.29, 0.717) is 5.71 Å². The van der Waals surface area contributed by atoms with Crippen LogP contribution < -0.4 is 4.74 Å². The topological polar surface area (TPSA) is 65.0 Å². The first kappa shape index (κ1) is 21.9. The lowest BCUT2D eigenvalue weighted by atomic mass is 10.0. The summed E-state index contributed by atoms with van der Waals surface area (Å²) in [7, 11) is -5.82. The van der Waals surface area contributed by atoms with E-state index in [0.717, 1.165) is 16.3 Å². The molecule has 3 aromatic rings. The Morgan fingerprint density at radius 1 is 1.03 bits per heavy atom. The fourth-order valence-electron chi connectivity index (χ4n) is 3.41. The predicted molar refractivity (Wildman–Crippen MR) is 116 cm³/mol. The molecule has 0 aromatic heterocycles. The summed E-state index contributed by atoms with van der Waals surface area (Å²) in [5.41, 5.74) is -3.80. The van der Waals surface area contributed by atoms with Crippen LogP contribution in [0.5, 0.6) is 5.75 Å². The molecule has 0 radical (unpaired) electrons. The van der Waals surface area contributed by atoms with Crippen LogP contribution in [0.25, 0.3) is 16.5 Å². The van der Waals surface area contributed by atoms with Crippen molar-refractivity contribution in [2.24, 2.45) is 4.99 Å². The fourth-order valence-corrected chi connectivity index (χ4v) is 3.89. The first-order valence-corrected chi connectivity index (χ1v) is 11.0. The highest BCUT2D eigenvalue weighted by molar-refractivity contribution is 7.87. The summed E-state index contributed by atoms with van der Waals surface area (Å²) < 4.78 is 71.8. The van der Waals surface area contributed by atoms with Crippen LogP contribution in [0, 0.1) is 0 Å². The Hall–Kier alpha value is -3.33. The Bertz CT molecular complexity index is 1330. The minimum Gasteiger partial charge on any atom is -0.483 e. The van der Waals surface area contributed by atoms with Crippen molar-refractivity contribution in [3.8, 4) is 5.75 Å². The second-order valence-electron chi connectivity index (χ2n) is 7.12. The Morgan fingerprint density at radius 2 is 1.72 bits per heavy atom. The third kappa shape index (κ3) is 4.34. The van der Waals surface area contributed by atoms with Crippen LogP contribution in [-0.2, 0) is 14.3 Å². The second-order valence-corrected chi connectivity index (χ2v) is 8.66. The minimum absolute atomic E-state index is 0.0579. The number of alkyl halides is 3. The fraction of sp³-hybridized carbons (Fsp3) is 0.174. The van der Waals surface area contributed by atoms with E-state index in [-0.39, 0.29) is 17.9 Å². The van der Waals surface area contributed by atoms with Crippen molar-refractivity contribution < 1.29 is 30.5 Å². The summed E-state index contributed by atoms with van der Waals surface area (Å²) in [5, 5.41) is 2.07. The molecule has 4 rings (SSSR count). The third-order valence-electron chi connectivity index (χ3n) is 4.94. The number of ether oxygens (including phenoxy) is 1. The van der Waals surface area contributed by atoms with Gasteiger partial charge in [0.2, 0.25) is 0 Å². The zero-order valence-electron chi connectivity index (χ0n) is 16.8. The molecule has 0 fully saturated rings. The molecule has 0 spiro atoms. The highest BCUT2D eigenvalue weighted by Gasteiger charge is 2.49. The number of nitrogens with zero attached hydrogens (tertiary/aromatic N) is 1. The lowest BCUT2D eigenvalue weighted by Gasteiger charge is -2.24. The second kappa shape index (κ2) is 8.31. The van der Waals surface area contributed by atoms with Crippen LogP contribution in [0.3, 0.4) is 0 Å². The predicted octanol–water partition coefficient (Wildman–Crippen LogP) is 5.32. The molecule has 1 aliphatic rings. The summed E-state index contributed by atoms with van der Waals surface area (Å²) in [6, 6.07) is 19.8. The molecule has 1 heterocycles. The molecule has 0 aliphatic carbocycles. The smallest absolute Gasteiger partial charge is 0.483 e. The molecule has 0 saturated heterocycles. The van der Waals surface area contributed by atoms with Crippen molar-refractivity contribution in [1.29, 1.82) is 0 Å². The van der Waals surface area contributed by atoms with E-state index in [9.17, 15) is 21.6 Å². The molecule has 0 amide bonds. The first-order valence-electron chi connectivity index (χ1n) is 9.63. The van der Waals surface area contributed by atoms with E-state index in [1.807, 2.05) is 49.4 Å². The summed E-state index contributed by atoms with van der Waals surface area (Å²) in [4.78, 5) is 4.54. The van der Waals surface area contributed by atoms with Gasteiger partial charge < -0.3 is 8.92 Å². The largest absolute Gasteiger partial charge is 0.534 e. The van der Waals surface area contributed by atoms with Gasteiger partial charge in [0.1, 0.15) is 11.9 Å². The molecule has 32 heavy (non-hydrogen) atoms. The zero-order valence-corrected chi connectivity index (χ0v) is 17.7. The monoisotopic (exact) mass is 461 g/mol. The molecule has 5 nitrogen and oxygen atoms in total. The van der Waals surface area contributed by atoms with Gasteiger partial charge in [0.25, 0.3) is 0 Å². The van der Waals surface area contributed by atoms with Gasteiger partial charge in [-0.2, -0.15) is 21.6 Å². The lowest BCUT2D eigenvalue weighted by Crippen LogP contribution is -2.28. The lowest BCUT2D eigenvalue weighted by molar-refractivity contribution is -0.0510. The van der Waals surface area contributed by atoms with Gasteiger partial charge in [-0.05, 0) is 29.8 Å². The van der Waals surface area contributed by atoms with Crippen molar-refractivity contribution in [2.45, 2.75) is 18.5 Å². The first-order chi connectivity index (χ1) is 15.2. The van der Waals surface area contributed by atoms with Gasteiger partial charge in [0, 0.05) is 17.4 Å². The van der Waals surface area contributed by atoms with Gasteiger partial charge in [-0.15, -0.1) is 0 Å². The maximum Gasteiger partial charge on any atom is 0.534 e. The van der Waals surface area contributed by atoms with E-state index < -0.39 is 27.5 Å². The standard InChI is InChI=1S/C23H18F3NO4S/c1-15(18-11-6-8-16-7-2-3-9-19(16)18)27-14-17-13-22(31-32(28,29)23(24,25)26)20-10-4-5-12-21(20)30-17/h2-13,17H,14H2,1H3/t17-/m1/s1. The number of aliphatic imine (C=N–C) groups is 1. The van der Waals surface area contributed by atoms with E-state index >= 15 is 0 Å². The highest BCUT2D eigenvalue weighted by Crippen LogP contribution is 2.36. The summed E-state index contributed by atoms with van der Waals surface area (Å²) in [6.45, 7) is 1.89. The number of rotatable bonds is 5. The number of para-hydroxylation sites is 1. The Kier molecular flexibility index (Phi) is 5.68. The van der Waals surface area contributed by atoms with Crippen molar-refractivity contribution in [3.63, 3.8) is 0 Å². The molecule has 1 aliphatic heterocycles. The molecular formula is C23H18F3NO4S. The third-order valence-corrected chi connectivity index (χ3v) is 5.90. The molecule has 3 aromatic carbocycles. The zero-order chi connectivity index (χ0) is 22.9. The summed E-state index contributed by atoms with van der Waals surface area (Å²) in [6.07, 6.45) is 0.388. The van der Waals surface area contributed by atoms with Gasteiger partial charge in [-0.1, -0.05) is 54.6 Å². The van der Waals surface area contributed by atoms with Gasteiger partial charge in [-0.25, -0.2) is 0 Å². The van der Waals surface area contributed by atoms with Crippen LogP contribution in [-0.4, -0.2) is 32.3 Å². The van der Waals surface area contributed by atoms with Crippen LogP contribution in [0.15, 0.2) is 77.8 Å². The van der Waals surface area contributed by atoms with Gasteiger partial charge in [0.15, 0.2) is 5.76 Å². The van der Waals surface area contributed by atoms with Gasteiger partial charge in [-0.3, -0.25) is 4.99 Å². The Balaban J connectivity index is 1.64. The van der Waals surface area contributed by atoms with Gasteiger partial charge >= 0.3 is 15.6 Å². The molecular weight excluding hydrogens is 443 g/mol. The van der Waals surface area contributed by atoms with E-state index in [2.05, 4.69) is 9.18 Å². The quantitative estimate of drug-likeness (QED) is 0.293. The molecule has 0 unspecified atom stereocenters. The van der Waals surface area contributed by atoms with E-state index in [1.54, 1.807) is 12.1 Å². The van der Waals surface area contributed by atoms with Gasteiger partial charge in [0.05, 0.1) is 12.1 Å². The van der Waals surface area contributed by atoms with Crippen LogP contribution >= 0.6 is 0 Å². The molecule has 0 saturated carbocycles. The van der Waals surface area contributed by atoms with Crippen molar-refractivity contribution in [2.75, 3.05) is 6.54 Å². The van der Waals surface area contributed by atoms with Crippen molar-refractivity contribution in [3.05, 3.63) is 83.9 Å². The van der Waals surface area contributed by atoms with Crippen molar-refractivity contribution in [1.82, 2.24) is 0 Å². The average molecular weight is 461 g/mol. The molecule has 166 valence electrons. The maximum absolute atomic E-state index is 12.8. The molecule has 0 N–H and O–H groups in total. The normalized spacial score (nSPS) is 16.8. The molecule has 9 heteroatoms. The SMILES string of the molecule is CC(=NC[C@H]1C=C(OS(=O)(=O)C(F)(F)F)c2ccccc2O1)c1cccc2ccccc12. The molecule has 0 bridgehead atoms. The number of halogens is 3. The van der Waals surface area contributed by atoms with Crippen LogP contribution in [0.4, 0.5) is 13.2 Å². The number of hydrogen-bond donors (Lipinski definition) is 0. The minimum atomic E-state index is -5.82. The van der Waals surface area contributed by atoms with Crippen LogP contribution in [0.1, 0.15) is 18.1 Å². The molecule has 1 atom stereocenters. The van der Waals surface area contributed by atoms with Crippen LogP contribution in [0.2, 0.25) is 0 Å². The Morgan fingerprint density at radius 3 is 2.50 bits per heavy atom. The Labute approximate surface area is 182 Å². The number of fused-ring (bicyclic) bond motifs is 2. The highest BCUT2D eigenvalue weighted by atomic mass is 32.2. The number of benzene rings is 3. The summed E-state index contributed by atoms with van der Waals surface area (Å²) >= 11 is 0. The summed E-state index contributed by atoms with van der Waals surface area (Å²) in [5.74, 6) is -0.224.